The zero-order valence-electron chi connectivity index (χ0n) is 16.8. The molecule has 7 nitrogen and oxygen atoms in total. The smallest absolute Gasteiger partial charge is 0.259 e. The lowest BCUT2D eigenvalue weighted by Crippen LogP contribution is -2.42. The lowest BCUT2D eigenvalue weighted by atomic mass is 10.0. The molecule has 0 radical (unpaired) electrons. The molecule has 0 bridgehead atoms. The largest absolute Gasteiger partial charge is 0.352 e. The number of halogens is 1. The highest BCUT2D eigenvalue weighted by Gasteiger charge is 2.24. The molecule has 3 rings (SSSR count). The summed E-state index contributed by atoms with van der Waals surface area (Å²) >= 11 is 0. The summed E-state index contributed by atoms with van der Waals surface area (Å²) in [7, 11) is 0. The molecule has 1 N–H and O–H groups in total. The Labute approximate surface area is 167 Å². The Kier molecular flexibility index (Phi) is 5.91. The van der Waals surface area contributed by atoms with E-state index in [1.165, 1.54) is 17.0 Å². The molecule has 0 atom stereocenters. The van der Waals surface area contributed by atoms with Crippen LogP contribution in [0.5, 0.6) is 0 Å². The fourth-order valence-electron chi connectivity index (χ4n) is 3.07. The van der Waals surface area contributed by atoms with Crippen molar-refractivity contribution in [1.82, 2.24) is 20.4 Å². The summed E-state index contributed by atoms with van der Waals surface area (Å²) in [6.07, 6.45) is 0. The SMILES string of the molecule is CCN(CC(=O)NC(C)C)C(=O)c1cc(-c2ccc(F)cc2)nc2onc(C)c12. The molecule has 3 aromatic rings. The van der Waals surface area contributed by atoms with E-state index in [9.17, 15) is 14.0 Å². The molecule has 0 unspecified atom stereocenters. The Morgan fingerprint density at radius 1 is 1.24 bits per heavy atom. The molecule has 0 fully saturated rings. The maximum atomic E-state index is 13.3. The number of rotatable bonds is 6. The number of likely N-dealkylation sites (N-methyl/N-ethyl adjacent to an activating group) is 1. The van der Waals surface area contributed by atoms with Gasteiger partial charge in [-0.1, -0.05) is 5.16 Å². The number of nitrogens with zero attached hydrogens (tertiary/aromatic N) is 3. The van der Waals surface area contributed by atoms with Gasteiger partial charge in [-0.3, -0.25) is 9.59 Å². The van der Waals surface area contributed by atoms with Crippen molar-refractivity contribution in [2.75, 3.05) is 13.1 Å². The van der Waals surface area contributed by atoms with E-state index in [-0.39, 0.29) is 35.9 Å². The van der Waals surface area contributed by atoms with Gasteiger partial charge < -0.3 is 14.7 Å². The second-order valence-corrected chi connectivity index (χ2v) is 7.05. The molecule has 29 heavy (non-hydrogen) atoms. The molecule has 0 spiro atoms. The molecule has 0 aliphatic heterocycles. The van der Waals surface area contributed by atoms with Gasteiger partial charge in [0.25, 0.3) is 11.6 Å². The standard InChI is InChI=1S/C21H23FN4O3/c1-5-26(11-18(27)23-12(2)3)21(28)16-10-17(14-6-8-15(22)9-7-14)24-20-19(16)13(4)25-29-20/h6-10,12H,5,11H2,1-4H3,(H,23,27). The minimum atomic E-state index is -0.366. The number of amides is 2. The van der Waals surface area contributed by atoms with Gasteiger partial charge in [0.1, 0.15) is 5.82 Å². The number of benzene rings is 1. The molecule has 0 saturated carbocycles. The lowest BCUT2D eigenvalue weighted by molar-refractivity contribution is -0.122. The summed E-state index contributed by atoms with van der Waals surface area (Å²) in [5.41, 5.74) is 2.18. The Morgan fingerprint density at radius 2 is 1.93 bits per heavy atom. The summed E-state index contributed by atoms with van der Waals surface area (Å²) in [5.74, 6) is -0.926. The number of pyridine rings is 1. The van der Waals surface area contributed by atoms with Crippen LogP contribution in [0.4, 0.5) is 4.39 Å². The van der Waals surface area contributed by atoms with Crippen LogP contribution in [0.15, 0.2) is 34.9 Å². The maximum Gasteiger partial charge on any atom is 0.259 e. The third-order valence-electron chi connectivity index (χ3n) is 4.44. The van der Waals surface area contributed by atoms with Crippen molar-refractivity contribution in [2.24, 2.45) is 0 Å². The molecule has 0 aliphatic rings. The second-order valence-electron chi connectivity index (χ2n) is 7.05. The third kappa shape index (κ3) is 4.42. The monoisotopic (exact) mass is 398 g/mol. The molecule has 1 aromatic carbocycles. The van der Waals surface area contributed by atoms with Gasteiger partial charge in [0.05, 0.1) is 28.9 Å². The summed E-state index contributed by atoms with van der Waals surface area (Å²) in [4.78, 5) is 31.3. The number of hydrogen-bond acceptors (Lipinski definition) is 5. The number of aromatic nitrogens is 2. The number of carbonyl (C=O) groups is 2. The Hall–Kier alpha value is -3.29. The van der Waals surface area contributed by atoms with Gasteiger partial charge in [-0.25, -0.2) is 9.37 Å². The number of hydrogen-bond donors (Lipinski definition) is 1. The minimum Gasteiger partial charge on any atom is -0.352 e. The van der Waals surface area contributed by atoms with Crippen LogP contribution in [0.1, 0.15) is 36.8 Å². The number of aryl methyl sites for hydroxylation is 1. The fraction of sp³-hybridized carbons (Fsp3) is 0.333. The third-order valence-corrected chi connectivity index (χ3v) is 4.44. The normalized spacial score (nSPS) is 11.1. The highest BCUT2D eigenvalue weighted by atomic mass is 19.1. The van der Waals surface area contributed by atoms with Crippen LogP contribution in [0.25, 0.3) is 22.4 Å². The van der Waals surface area contributed by atoms with Gasteiger partial charge in [0, 0.05) is 18.2 Å². The van der Waals surface area contributed by atoms with Gasteiger partial charge in [-0.15, -0.1) is 0 Å². The van der Waals surface area contributed by atoms with E-state index in [1.807, 2.05) is 13.8 Å². The van der Waals surface area contributed by atoms with Gasteiger partial charge in [0.15, 0.2) is 0 Å². The molecule has 0 saturated heterocycles. The van der Waals surface area contributed by atoms with Crippen molar-refractivity contribution >= 4 is 22.9 Å². The molecular weight excluding hydrogens is 375 g/mol. The molecule has 2 aromatic heterocycles. The van der Waals surface area contributed by atoms with E-state index in [2.05, 4.69) is 15.5 Å². The molecule has 2 amide bonds. The summed E-state index contributed by atoms with van der Waals surface area (Å²) in [6, 6.07) is 7.41. The number of nitrogens with one attached hydrogen (secondary N) is 1. The highest BCUT2D eigenvalue weighted by Crippen LogP contribution is 2.28. The Morgan fingerprint density at radius 3 is 2.55 bits per heavy atom. The van der Waals surface area contributed by atoms with Crippen LogP contribution in [0.2, 0.25) is 0 Å². The van der Waals surface area contributed by atoms with Crippen LogP contribution in [0.3, 0.4) is 0 Å². The van der Waals surface area contributed by atoms with Crippen molar-refractivity contribution in [3.05, 3.63) is 47.4 Å². The van der Waals surface area contributed by atoms with Gasteiger partial charge in [-0.05, 0) is 58.0 Å². The highest BCUT2D eigenvalue weighted by molar-refractivity contribution is 6.07. The summed E-state index contributed by atoms with van der Waals surface area (Å²) in [5, 5.41) is 7.22. The first-order chi connectivity index (χ1) is 13.8. The van der Waals surface area contributed by atoms with E-state index in [0.717, 1.165) is 0 Å². The topological polar surface area (TPSA) is 88.3 Å². The van der Waals surface area contributed by atoms with Crippen molar-refractivity contribution in [1.29, 1.82) is 0 Å². The Balaban J connectivity index is 2.04. The molecule has 8 heteroatoms. The zero-order valence-corrected chi connectivity index (χ0v) is 16.8. The fourth-order valence-corrected chi connectivity index (χ4v) is 3.07. The van der Waals surface area contributed by atoms with Gasteiger partial charge in [0.2, 0.25) is 5.91 Å². The summed E-state index contributed by atoms with van der Waals surface area (Å²) in [6.45, 7) is 7.54. The van der Waals surface area contributed by atoms with Crippen LogP contribution in [-0.4, -0.2) is 46.0 Å². The molecule has 152 valence electrons. The van der Waals surface area contributed by atoms with Gasteiger partial charge >= 0.3 is 0 Å². The number of carbonyl (C=O) groups excluding carboxylic acids is 2. The van der Waals surface area contributed by atoms with E-state index < -0.39 is 0 Å². The summed E-state index contributed by atoms with van der Waals surface area (Å²) < 4.78 is 18.6. The zero-order chi connectivity index (χ0) is 21.1. The first-order valence-electron chi connectivity index (χ1n) is 9.41. The van der Waals surface area contributed by atoms with Gasteiger partial charge in [-0.2, -0.15) is 0 Å². The predicted octanol–water partition coefficient (Wildman–Crippen LogP) is 3.32. The average Bonchev–Trinajstić information content (AvgIpc) is 3.06. The predicted molar refractivity (Wildman–Crippen MR) is 107 cm³/mol. The number of fused-ring (bicyclic) bond motifs is 1. The van der Waals surface area contributed by atoms with Crippen molar-refractivity contribution < 1.29 is 18.5 Å². The van der Waals surface area contributed by atoms with Crippen LogP contribution in [-0.2, 0) is 4.79 Å². The van der Waals surface area contributed by atoms with E-state index in [0.29, 0.717) is 34.4 Å². The van der Waals surface area contributed by atoms with E-state index >= 15 is 0 Å². The molecular formula is C21H23FN4O3. The quantitative estimate of drug-likeness (QED) is 0.688. The van der Waals surface area contributed by atoms with Crippen LogP contribution in [0, 0.1) is 12.7 Å². The Bertz CT molecular complexity index is 1040. The maximum absolute atomic E-state index is 13.3. The van der Waals surface area contributed by atoms with Crippen molar-refractivity contribution in [3.63, 3.8) is 0 Å². The van der Waals surface area contributed by atoms with E-state index in [4.69, 9.17) is 4.52 Å². The van der Waals surface area contributed by atoms with Crippen molar-refractivity contribution in [3.8, 4) is 11.3 Å². The van der Waals surface area contributed by atoms with Crippen LogP contribution >= 0.6 is 0 Å². The lowest BCUT2D eigenvalue weighted by Gasteiger charge is -2.21. The minimum absolute atomic E-state index is 0.0191. The first kappa shape index (κ1) is 20.4. The van der Waals surface area contributed by atoms with Crippen LogP contribution < -0.4 is 5.32 Å². The van der Waals surface area contributed by atoms with Crippen molar-refractivity contribution in [2.45, 2.75) is 33.7 Å². The van der Waals surface area contributed by atoms with E-state index in [1.54, 1.807) is 32.0 Å². The second kappa shape index (κ2) is 8.38. The molecule has 0 aliphatic carbocycles. The molecule has 2 heterocycles. The first-order valence-corrected chi connectivity index (χ1v) is 9.41. The average molecular weight is 398 g/mol.